The Balaban J connectivity index is 1.72. The van der Waals surface area contributed by atoms with Gasteiger partial charge >= 0.3 is 6.01 Å². The van der Waals surface area contributed by atoms with Crippen molar-refractivity contribution in [1.29, 1.82) is 0 Å². The topological polar surface area (TPSA) is 78.8 Å². The van der Waals surface area contributed by atoms with Crippen LogP contribution in [0.2, 0.25) is 0 Å². The normalized spacial score (nSPS) is 12.6. The van der Waals surface area contributed by atoms with Gasteiger partial charge in [0.1, 0.15) is 5.75 Å². The molecule has 0 aliphatic heterocycles. The van der Waals surface area contributed by atoms with Crippen molar-refractivity contribution in [2.24, 2.45) is 7.05 Å². The molecule has 2 aromatic heterocycles. The Morgan fingerprint density at radius 1 is 1.09 bits per heavy atom. The molecule has 0 amide bonds. The van der Waals surface area contributed by atoms with E-state index >= 15 is 0 Å². The summed E-state index contributed by atoms with van der Waals surface area (Å²) < 4.78 is 7.58. The van der Waals surface area contributed by atoms with Crippen molar-refractivity contribution >= 4 is 5.69 Å². The maximum absolute atomic E-state index is 5.72. The van der Waals surface area contributed by atoms with Crippen LogP contribution in [0.4, 0.5) is 5.69 Å². The third-order valence-corrected chi connectivity index (χ3v) is 3.83. The average molecular weight is 293 g/mol. The molecule has 0 unspecified atom stereocenters. The molecule has 0 saturated heterocycles. The molecule has 22 heavy (non-hydrogen) atoms. The highest BCUT2D eigenvalue weighted by Gasteiger charge is 2.22. The van der Waals surface area contributed by atoms with Crippen molar-refractivity contribution in [2.45, 2.75) is 12.8 Å². The lowest BCUT2D eigenvalue weighted by molar-refractivity contribution is 0.441. The fourth-order valence-corrected chi connectivity index (χ4v) is 2.71. The van der Waals surface area contributed by atoms with Gasteiger partial charge in [0, 0.05) is 18.9 Å². The Bertz CT molecular complexity index is 838. The average Bonchev–Trinajstić information content (AvgIpc) is 2.91. The van der Waals surface area contributed by atoms with E-state index in [1.165, 1.54) is 5.56 Å². The van der Waals surface area contributed by atoms with Gasteiger partial charge in [-0.3, -0.25) is 4.68 Å². The minimum atomic E-state index is 0.331. The first-order chi connectivity index (χ1) is 10.7. The predicted octanol–water partition coefficient (Wildman–Crippen LogP) is 2.35. The maximum atomic E-state index is 5.72. The highest BCUT2D eigenvalue weighted by Crippen LogP contribution is 2.32. The molecule has 0 radical (unpaired) electrons. The maximum Gasteiger partial charge on any atom is 0.322 e. The van der Waals surface area contributed by atoms with Crippen molar-refractivity contribution in [3.05, 3.63) is 47.8 Å². The van der Waals surface area contributed by atoms with Gasteiger partial charge in [-0.2, -0.15) is 10.1 Å². The molecule has 1 aliphatic rings. The van der Waals surface area contributed by atoms with Gasteiger partial charge in [0.15, 0.2) is 0 Å². The van der Waals surface area contributed by atoms with Gasteiger partial charge in [-0.25, -0.2) is 4.98 Å². The lowest BCUT2D eigenvalue weighted by atomic mass is 9.95. The van der Waals surface area contributed by atoms with Crippen LogP contribution < -0.4 is 10.5 Å². The van der Waals surface area contributed by atoms with E-state index < -0.39 is 0 Å². The number of rotatable bonds is 2. The van der Waals surface area contributed by atoms with Crippen molar-refractivity contribution < 1.29 is 4.74 Å². The van der Waals surface area contributed by atoms with Crippen LogP contribution in [0.3, 0.4) is 0 Å². The van der Waals surface area contributed by atoms with Gasteiger partial charge < -0.3 is 10.5 Å². The van der Waals surface area contributed by atoms with E-state index in [1.807, 2.05) is 24.1 Å². The fraction of sp³-hybridized carbons (Fsp3) is 0.188. The van der Waals surface area contributed by atoms with Crippen molar-refractivity contribution in [3.63, 3.8) is 0 Å². The number of hydrogen-bond donors (Lipinski definition) is 1. The van der Waals surface area contributed by atoms with Gasteiger partial charge in [0.25, 0.3) is 0 Å². The SMILES string of the molecule is Cn1ncc2c1-c1nc(Oc3ccc(N)cc3)ncc1CC2. The molecule has 6 heteroatoms. The largest absolute Gasteiger partial charge is 0.424 e. The minimum Gasteiger partial charge on any atom is -0.424 e. The number of nitrogens with two attached hydrogens (primary N) is 1. The van der Waals surface area contributed by atoms with Crippen LogP contribution in [0.25, 0.3) is 11.4 Å². The highest BCUT2D eigenvalue weighted by atomic mass is 16.5. The number of nitrogen functional groups attached to an aromatic ring is 1. The molecule has 3 aromatic rings. The van der Waals surface area contributed by atoms with Gasteiger partial charge in [-0.15, -0.1) is 0 Å². The molecule has 1 aliphatic carbocycles. The summed E-state index contributed by atoms with van der Waals surface area (Å²) in [5.74, 6) is 0.662. The first-order valence-corrected chi connectivity index (χ1v) is 7.11. The van der Waals surface area contributed by atoms with Gasteiger partial charge in [-0.1, -0.05) is 0 Å². The minimum absolute atomic E-state index is 0.331. The number of hydrogen-bond acceptors (Lipinski definition) is 5. The molecular weight excluding hydrogens is 278 g/mol. The summed E-state index contributed by atoms with van der Waals surface area (Å²) in [6, 6.07) is 7.50. The predicted molar refractivity (Wildman–Crippen MR) is 82.6 cm³/mol. The van der Waals surface area contributed by atoms with E-state index in [4.69, 9.17) is 10.5 Å². The first-order valence-electron chi connectivity index (χ1n) is 7.11. The molecule has 6 nitrogen and oxygen atoms in total. The van der Waals surface area contributed by atoms with Gasteiger partial charge in [0.05, 0.1) is 17.6 Å². The molecule has 0 fully saturated rings. The third-order valence-electron chi connectivity index (χ3n) is 3.83. The Labute approximate surface area is 127 Å². The summed E-state index contributed by atoms with van der Waals surface area (Å²) in [5.41, 5.74) is 10.7. The third kappa shape index (κ3) is 2.09. The number of fused-ring (bicyclic) bond motifs is 3. The second kappa shape index (κ2) is 4.84. The second-order valence-corrected chi connectivity index (χ2v) is 5.34. The van der Waals surface area contributed by atoms with E-state index in [-0.39, 0.29) is 0 Å². The van der Waals surface area contributed by atoms with Crippen molar-refractivity contribution in [3.8, 4) is 23.1 Å². The van der Waals surface area contributed by atoms with Crippen molar-refractivity contribution in [2.75, 3.05) is 5.73 Å². The summed E-state index contributed by atoms with van der Waals surface area (Å²) in [7, 11) is 1.93. The first kappa shape index (κ1) is 12.8. The van der Waals surface area contributed by atoms with Gasteiger partial charge in [-0.05, 0) is 48.2 Å². The number of nitrogens with zero attached hydrogens (tertiary/aromatic N) is 4. The molecule has 0 bridgehead atoms. The van der Waals surface area contributed by atoms with Crippen LogP contribution in [-0.2, 0) is 19.9 Å². The zero-order valence-electron chi connectivity index (χ0n) is 12.2. The summed E-state index contributed by atoms with van der Waals surface area (Å²) in [6.45, 7) is 0. The van der Waals surface area contributed by atoms with E-state index in [0.717, 1.165) is 29.8 Å². The van der Waals surface area contributed by atoms with Crippen LogP contribution in [-0.4, -0.2) is 19.7 Å². The van der Waals surface area contributed by atoms with Crippen LogP contribution >= 0.6 is 0 Å². The number of benzene rings is 1. The standard InChI is InChI=1S/C16H15N5O/c1-21-15-11(9-19-21)3-2-10-8-18-16(20-14(10)15)22-13-6-4-12(17)5-7-13/h4-9H,2-3,17H2,1H3. The smallest absolute Gasteiger partial charge is 0.322 e. The monoisotopic (exact) mass is 293 g/mol. The summed E-state index contributed by atoms with van der Waals surface area (Å²) in [6.07, 6.45) is 5.64. The van der Waals surface area contributed by atoms with E-state index in [1.54, 1.807) is 24.3 Å². The van der Waals surface area contributed by atoms with Crippen LogP contribution in [0.1, 0.15) is 11.1 Å². The quantitative estimate of drug-likeness (QED) is 0.734. The summed E-state index contributed by atoms with van der Waals surface area (Å²) >= 11 is 0. The molecule has 0 spiro atoms. The molecule has 4 rings (SSSR count). The zero-order chi connectivity index (χ0) is 15.1. The van der Waals surface area contributed by atoms with E-state index in [2.05, 4.69) is 15.1 Å². The summed E-state index contributed by atoms with van der Waals surface area (Å²) in [4.78, 5) is 8.88. The molecule has 0 atom stereocenters. The Morgan fingerprint density at radius 3 is 2.68 bits per heavy atom. The Kier molecular flexibility index (Phi) is 2.82. The molecule has 2 heterocycles. The van der Waals surface area contributed by atoms with Crippen LogP contribution in [0.15, 0.2) is 36.7 Å². The van der Waals surface area contributed by atoms with Crippen LogP contribution in [0, 0.1) is 0 Å². The second-order valence-electron chi connectivity index (χ2n) is 5.34. The molecule has 110 valence electrons. The molecule has 0 saturated carbocycles. The van der Waals surface area contributed by atoms with E-state index in [0.29, 0.717) is 17.4 Å². The Morgan fingerprint density at radius 2 is 1.86 bits per heavy atom. The summed E-state index contributed by atoms with van der Waals surface area (Å²) in [5, 5.41) is 4.32. The van der Waals surface area contributed by atoms with Crippen LogP contribution in [0.5, 0.6) is 11.8 Å². The fourth-order valence-electron chi connectivity index (χ4n) is 2.71. The number of aryl methyl sites for hydroxylation is 3. The highest BCUT2D eigenvalue weighted by molar-refractivity contribution is 5.65. The lowest BCUT2D eigenvalue weighted by Gasteiger charge is -2.16. The Hall–Kier alpha value is -2.89. The van der Waals surface area contributed by atoms with E-state index in [9.17, 15) is 0 Å². The molecule has 2 N–H and O–H groups in total. The molecular formula is C16H15N5O. The van der Waals surface area contributed by atoms with Crippen molar-refractivity contribution in [1.82, 2.24) is 19.7 Å². The number of ether oxygens (including phenoxy) is 1. The number of anilines is 1. The zero-order valence-corrected chi connectivity index (χ0v) is 12.2. The lowest BCUT2D eigenvalue weighted by Crippen LogP contribution is -2.09. The molecule has 1 aromatic carbocycles. The number of aromatic nitrogens is 4. The van der Waals surface area contributed by atoms with Gasteiger partial charge in [0.2, 0.25) is 0 Å².